The number of hydrogen-bond acceptors (Lipinski definition) is 3. The van der Waals surface area contributed by atoms with Crippen molar-refractivity contribution in [2.75, 3.05) is 0 Å². The van der Waals surface area contributed by atoms with Crippen molar-refractivity contribution in [1.29, 1.82) is 0 Å². The number of thiocarbonyl (C=S) groups is 1. The van der Waals surface area contributed by atoms with E-state index < -0.39 is 5.82 Å². The van der Waals surface area contributed by atoms with Crippen molar-refractivity contribution in [3.05, 3.63) is 64.4 Å². The minimum atomic E-state index is -0.402. The van der Waals surface area contributed by atoms with Crippen molar-refractivity contribution in [2.24, 2.45) is 10.8 Å². The third kappa shape index (κ3) is 4.98. The highest BCUT2D eigenvalue weighted by Crippen LogP contribution is 2.20. The van der Waals surface area contributed by atoms with Crippen LogP contribution < -0.4 is 15.9 Å². The SMILES string of the molecule is NC(=S)NN=Cc1ccc(F)cc1OCc1cccc(Cl)c1. The molecule has 2 aromatic carbocycles. The van der Waals surface area contributed by atoms with Crippen molar-refractivity contribution in [1.82, 2.24) is 5.43 Å². The van der Waals surface area contributed by atoms with Gasteiger partial charge in [0.1, 0.15) is 18.2 Å². The number of nitrogens with one attached hydrogen (secondary N) is 1. The zero-order valence-corrected chi connectivity index (χ0v) is 13.0. The minimum absolute atomic E-state index is 0.0414. The summed E-state index contributed by atoms with van der Waals surface area (Å²) in [5, 5.41) is 4.49. The molecule has 7 heteroatoms. The molecule has 0 fully saturated rings. The van der Waals surface area contributed by atoms with Gasteiger partial charge in [0.25, 0.3) is 0 Å². The van der Waals surface area contributed by atoms with Gasteiger partial charge < -0.3 is 10.5 Å². The van der Waals surface area contributed by atoms with Crippen LogP contribution in [0.4, 0.5) is 4.39 Å². The second kappa shape index (κ2) is 7.72. The lowest BCUT2D eigenvalue weighted by Gasteiger charge is -2.09. The molecular formula is C15H13ClFN3OS. The predicted molar refractivity (Wildman–Crippen MR) is 89.7 cm³/mol. The van der Waals surface area contributed by atoms with Crippen LogP contribution >= 0.6 is 23.8 Å². The Bertz CT molecular complexity index is 709. The van der Waals surface area contributed by atoms with Gasteiger partial charge in [0.15, 0.2) is 5.11 Å². The van der Waals surface area contributed by atoms with E-state index in [0.29, 0.717) is 16.3 Å². The van der Waals surface area contributed by atoms with Gasteiger partial charge in [-0.3, -0.25) is 5.43 Å². The van der Waals surface area contributed by atoms with E-state index >= 15 is 0 Å². The van der Waals surface area contributed by atoms with Crippen molar-refractivity contribution < 1.29 is 9.13 Å². The molecule has 3 N–H and O–H groups in total. The van der Waals surface area contributed by atoms with Crippen LogP contribution in [0.25, 0.3) is 0 Å². The Morgan fingerprint density at radius 2 is 2.18 bits per heavy atom. The average molecular weight is 338 g/mol. The number of halogens is 2. The Balaban J connectivity index is 2.13. The van der Waals surface area contributed by atoms with E-state index in [1.165, 1.54) is 18.3 Å². The lowest BCUT2D eigenvalue weighted by atomic mass is 10.2. The lowest BCUT2D eigenvalue weighted by molar-refractivity contribution is 0.304. The van der Waals surface area contributed by atoms with Crippen molar-refractivity contribution >= 4 is 35.1 Å². The van der Waals surface area contributed by atoms with E-state index in [9.17, 15) is 4.39 Å². The van der Waals surface area contributed by atoms with E-state index in [0.717, 1.165) is 5.56 Å². The van der Waals surface area contributed by atoms with Crippen molar-refractivity contribution in [2.45, 2.75) is 6.61 Å². The number of nitrogens with two attached hydrogens (primary N) is 1. The number of benzene rings is 2. The van der Waals surface area contributed by atoms with E-state index in [4.69, 9.17) is 22.1 Å². The summed E-state index contributed by atoms with van der Waals surface area (Å²) in [6, 6.07) is 11.4. The summed E-state index contributed by atoms with van der Waals surface area (Å²) in [5.74, 6) is -0.0472. The van der Waals surface area contributed by atoms with Crippen molar-refractivity contribution in [3.8, 4) is 5.75 Å². The Labute approximate surface area is 137 Å². The van der Waals surface area contributed by atoms with E-state index in [2.05, 4.69) is 22.7 Å². The number of ether oxygens (including phenoxy) is 1. The third-order valence-electron chi connectivity index (χ3n) is 2.64. The molecule has 0 bridgehead atoms. The summed E-state index contributed by atoms with van der Waals surface area (Å²) in [6.45, 7) is 0.258. The molecular weight excluding hydrogens is 325 g/mol. The monoisotopic (exact) mass is 337 g/mol. The molecule has 0 radical (unpaired) electrons. The first-order valence-electron chi connectivity index (χ1n) is 6.30. The topological polar surface area (TPSA) is 59.6 Å². The van der Waals surface area contributed by atoms with Gasteiger partial charge in [-0.15, -0.1) is 0 Å². The van der Waals surface area contributed by atoms with Gasteiger partial charge in [0.2, 0.25) is 0 Å². The molecule has 4 nitrogen and oxygen atoms in total. The van der Waals surface area contributed by atoms with Gasteiger partial charge in [-0.05, 0) is 42.0 Å². The molecule has 0 saturated carbocycles. The number of rotatable bonds is 5. The molecule has 2 aromatic rings. The van der Waals surface area contributed by atoms with Gasteiger partial charge in [0, 0.05) is 16.7 Å². The Kier molecular flexibility index (Phi) is 5.68. The predicted octanol–water partition coefficient (Wildman–Crippen LogP) is 3.23. The quantitative estimate of drug-likeness (QED) is 0.499. The van der Waals surface area contributed by atoms with Crippen LogP contribution in [0, 0.1) is 5.82 Å². The highest BCUT2D eigenvalue weighted by molar-refractivity contribution is 7.80. The third-order valence-corrected chi connectivity index (χ3v) is 2.96. The van der Waals surface area contributed by atoms with Crippen LogP contribution in [0.1, 0.15) is 11.1 Å². The van der Waals surface area contributed by atoms with Gasteiger partial charge in [-0.25, -0.2) is 4.39 Å². The van der Waals surface area contributed by atoms with Gasteiger partial charge in [0.05, 0.1) is 6.21 Å². The smallest absolute Gasteiger partial charge is 0.184 e. The van der Waals surface area contributed by atoms with E-state index in [1.54, 1.807) is 18.2 Å². The Morgan fingerprint density at radius 1 is 1.36 bits per heavy atom. The molecule has 0 saturated heterocycles. The fourth-order valence-electron chi connectivity index (χ4n) is 1.69. The molecule has 0 unspecified atom stereocenters. The van der Waals surface area contributed by atoms with Gasteiger partial charge >= 0.3 is 0 Å². The van der Waals surface area contributed by atoms with Crippen molar-refractivity contribution in [3.63, 3.8) is 0 Å². The fraction of sp³-hybridized carbons (Fsp3) is 0.0667. The lowest BCUT2D eigenvalue weighted by Crippen LogP contribution is -2.24. The minimum Gasteiger partial charge on any atom is -0.488 e. The normalized spacial score (nSPS) is 10.6. The largest absolute Gasteiger partial charge is 0.488 e. The number of hydrogen-bond donors (Lipinski definition) is 2. The molecule has 22 heavy (non-hydrogen) atoms. The second-order valence-corrected chi connectivity index (χ2v) is 5.21. The summed E-state index contributed by atoms with van der Waals surface area (Å²) in [6.07, 6.45) is 1.45. The molecule has 0 atom stereocenters. The maximum atomic E-state index is 13.4. The molecule has 0 amide bonds. The molecule has 114 valence electrons. The van der Waals surface area contributed by atoms with Crippen LogP contribution in [0.2, 0.25) is 5.02 Å². The first-order chi connectivity index (χ1) is 10.5. The zero-order chi connectivity index (χ0) is 15.9. The highest BCUT2D eigenvalue weighted by Gasteiger charge is 2.05. The maximum absolute atomic E-state index is 13.4. The summed E-state index contributed by atoms with van der Waals surface area (Å²) in [7, 11) is 0. The summed E-state index contributed by atoms with van der Waals surface area (Å²) < 4.78 is 19.0. The summed E-state index contributed by atoms with van der Waals surface area (Å²) in [5.41, 5.74) is 9.17. The fourth-order valence-corrected chi connectivity index (χ4v) is 1.96. The first kappa shape index (κ1) is 16.2. The highest BCUT2D eigenvalue weighted by atomic mass is 35.5. The Hall–Kier alpha value is -2.18. The first-order valence-corrected chi connectivity index (χ1v) is 7.08. The van der Waals surface area contributed by atoms with Crippen LogP contribution in [-0.2, 0) is 6.61 Å². The standard InChI is InChI=1S/C15H13ClFN3OS/c16-12-3-1-2-10(6-12)9-21-14-7-13(17)5-4-11(14)8-19-20-15(18)22/h1-8H,9H2,(H3,18,20,22). The van der Waals surface area contributed by atoms with Crippen LogP contribution in [0.5, 0.6) is 5.75 Å². The Morgan fingerprint density at radius 3 is 2.91 bits per heavy atom. The van der Waals surface area contributed by atoms with Crippen LogP contribution in [0.15, 0.2) is 47.6 Å². The molecule has 0 aliphatic carbocycles. The molecule has 0 spiro atoms. The van der Waals surface area contributed by atoms with Crippen LogP contribution in [0.3, 0.4) is 0 Å². The van der Waals surface area contributed by atoms with E-state index in [1.807, 2.05) is 12.1 Å². The van der Waals surface area contributed by atoms with E-state index in [-0.39, 0.29) is 11.7 Å². The van der Waals surface area contributed by atoms with Gasteiger partial charge in [-0.2, -0.15) is 5.10 Å². The van der Waals surface area contributed by atoms with Crippen LogP contribution in [-0.4, -0.2) is 11.3 Å². The zero-order valence-electron chi connectivity index (χ0n) is 11.4. The number of hydrazone groups is 1. The molecule has 0 aliphatic rings. The van der Waals surface area contributed by atoms with Gasteiger partial charge in [-0.1, -0.05) is 23.7 Å². The summed E-state index contributed by atoms with van der Waals surface area (Å²) in [4.78, 5) is 0. The molecule has 2 rings (SSSR count). The number of nitrogens with zero attached hydrogens (tertiary/aromatic N) is 1. The molecule has 0 aliphatic heterocycles. The average Bonchev–Trinajstić information content (AvgIpc) is 2.47. The summed E-state index contributed by atoms with van der Waals surface area (Å²) >= 11 is 10.6. The maximum Gasteiger partial charge on any atom is 0.184 e. The molecule has 0 heterocycles. The molecule has 0 aromatic heterocycles. The second-order valence-electron chi connectivity index (χ2n) is 4.33.